The van der Waals surface area contributed by atoms with E-state index < -0.39 is 0 Å². The normalized spacial score (nSPS) is 13.2. The van der Waals surface area contributed by atoms with E-state index in [1.807, 2.05) is 0 Å². The van der Waals surface area contributed by atoms with Gasteiger partial charge in [-0.25, -0.2) is 4.79 Å². The van der Waals surface area contributed by atoms with Crippen LogP contribution in [0.5, 0.6) is 0 Å². The van der Waals surface area contributed by atoms with E-state index in [-0.39, 0.29) is 36.4 Å². The van der Waals surface area contributed by atoms with E-state index in [0.717, 1.165) is 11.0 Å². The van der Waals surface area contributed by atoms with Gasteiger partial charge < -0.3 is 5.32 Å². The van der Waals surface area contributed by atoms with Crippen molar-refractivity contribution < 1.29 is 14.4 Å². The number of nitrogens with one attached hydrogen (secondary N) is 1. The number of imidazole rings is 1. The van der Waals surface area contributed by atoms with Crippen LogP contribution in [-0.2, 0) is 18.9 Å². The monoisotopic (exact) mass is 392 g/mol. The van der Waals surface area contributed by atoms with Gasteiger partial charge in [-0.2, -0.15) is 0 Å². The molecule has 1 aliphatic rings. The maximum atomic E-state index is 12.3. The number of amides is 3. The number of hydrogen-bond acceptors (Lipinski definition) is 4. The number of nitrogens with zero attached hydrogens (tertiary/aromatic N) is 3. The van der Waals surface area contributed by atoms with Crippen molar-refractivity contribution in [1.82, 2.24) is 14.0 Å². The molecular formula is C21H20N4O4. The second kappa shape index (κ2) is 7.05. The summed E-state index contributed by atoms with van der Waals surface area (Å²) in [6.07, 6.45) is 0.530. The third-order valence-corrected chi connectivity index (χ3v) is 5.22. The van der Waals surface area contributed by atoms with Crippen molar-refractivity contribution in [1.29, 1.82) is 0 Å². The number of benzene rings is 2. The molecule has 0 fully saturated rings. The lowest BCUT2D eigenvalue weighted by Gasteiger charge is -2.13. The number of aryl methyl sites for hydroxylation is 2. The van der Waals surface area contributed by atoms with Crippen LogP contribution in [0.4, 0.5) is 5.69 Å². The van der Waals surface area contributed by atoms with Crippen molar-refractivity contribution in [3.8, 4) is 0 Å². The van der Waals surface area contributed by atoms with Crippen LogP contribution >= 0.6 is 0 Å². The zero-order chi connectivity index (χ0) is 20.7. The van der Waals surface area contributed by atoms with Crippen molar-refractivity contribution in [2.24, 2.45) is 14.1 Å². The predicted molar refractivity (Wildman–Crippen MR) is 108 cm³/mol. The first-order valence-electron chi connectivity index (χ1n) is 9.29. The van der Waals surface area contributed by atoms with Gasteiger partial charge in [0.05, 0.1) is 22.2 Å². The van der Waals surface area contributed by atoms with E-state index in [1.54, 1.807) is 61.1 Å². The van der Waals surface area contributed by atoms with Gasteiger partial charge in [-0.3, -0.25) is 28.4 Å². The van der Waals surface area contributed by atoms with Gasteiger partial charge in [0, 0.05) is 32.7 Å². The maximum absolute atomic E-state index is 12.3. The fraction of sp³-hybridized carbons (Fsp3) is 0.238. The van der Waals surface area contributed by atoms with Crippen molar-refractivity contribution in [3.63, 3.8) is 0 Å². The maximum Gasteiger partial charge on any atom is 0.328 e. The van der Waals surface area contributed by atoms with Crippen molar-refractivity contribution >= 4 is 34.4 Å². The Hall–Kier alpha value is -3.68. The van der Waals surface area contributed by atoms with Crippen LogP contribution in [0.1, 0.15) is 33.6 Å². The Kier molecular flexibility index (Phi) is 4.54. The summed E-state index contributed by atoms with van der Waals surface area (Å²) in [6.45, 7) is 0.186. The first kappa shape index (κ1) is 18.7. The molecule has 0 spiro atoms. The van der Waals surface area contributed by atoms with Crippen LogP contribution in [-0.4, -0.2) is 38.3 Å². The molecule has 2 heterocycles. The molecule has 3 aromatic rings. The molecule has 1 aromatic heterocycles. The lowest BCUT2D eigenvalue weighted by molar-refractivity contribution is -0.116. The zero-order valence-electron chi connectivity index (χ0n) is 16.1. The van der Waals surface area contributed by atoms with Gasteiger partial charge in [-0.15, -0.1) is 0 Å². The van der Waals surface area contributed by atoms with E-state index in [0.29, 0.717) is 23.2 Å². The highest BCUT2D eigenvalue weighted by atomic mass is 16.2. The summed E-state index contributed by atoms with van der Waals surface area (Å²) in [5.74, 6) is -0.857. The number of aromatic nitrogens is 2. The smallest absolute Gasteiger partial charge is 0.326 e. The standard InChI is InChI=1S/C21H20N4O4/c1-23-16-10-9-13(12-17(16)24(2)21(23)29)22-18(26)8-5-11-25-19(27)14-6-3-4-7-15(14)20(25)28/h3-4,6-7,9-10,12H,5,8,11H2,1-2H3,(H,22,26). The molecule has 2 aromatic carbocycles. The second-order valence-electron chi connectivity index (χ2n) is 7.06. The Morgan fingerprint density at radius 3 is 2.17 bits per heavy atom. The highest BCUT2D eigenvalue weighted by molar-refractivity contribution is 6.21. The summed E-state index contributed by atoms with van der Waals surface area (Å²) < 4.78 is 3.07. The fourth-order valence-electron chi connectivity index (χ4n) is 3.65. The van der Waals surface area contributed by atoms with Crippen LogP contribution in [0.25, 0.3) is 11.0 Å². The lowest BCUT2D eigenvalue weighted by Crippen LogP contribution is -2.31. The third-order valence-electron chi connectivity index (χ3n) is 5.22. The summed E-state index contributed by atoms with van der Waals surface area (Å²) in [5.41, 5.74) is 2.77. The van der Waals surface area contributed by atoms with E-state index >= 15 is 0 Å². The highest BCUT2D eigenvalue weighted by Crippen LogP contribution is 2.23. The van der Waals surface area contributed by atoms with Gasteiger partial charge in [0.2, 0.25) is 5.91 Å². The number of hydrogen-bond donors (Lipinski definition) is 1. The molecule has 1 aliphatic heterocycles. The summed E-state index contributed by atoms with van der Waals surface area (Å²) in [5, 5.41) is 2.80. The van der Waals surface area contributed by atoms with Gasteiger partial charge in [0.1, 0.15) is 0 Å². The molecule has 3 amide bonds. The van der Waals surface area contributed by atoms with E-state index in [1.165, 1.54) is 9.47 Å². The van der Waals surface area contributed by atoms with Crippen molar-refractivity contribution in [2.75, 3.05) is 11.9 Å². The van der Waals surface area contributed by atoms with E-state index in [4.69, 9.17) is 0 Å². The number of rotatable bonds is 5. The molecule has 148 valence electrons. The lowest BCUT2D eigenvalue weighted by atomic mass is 10.1. The van der Waals surface area contributed by atoms with Gasteiger partial charge in [-0.05, 0) is 36.8 Å². The molecule has 0 aliphatic carbocycles. The minimum absolute atomic E-state index is 0.135. The Balaban J connectivity index is 1.37. The molecular weight excluding hydrogens is 372 g/mol. The molecule has 0 radical (unpaired) electrons. The van der Waals surface area contributed by atoms with Crippen molar-refractivity contribution in [2.45, 2.75) is 12.8 Å². The molecule has 0 bridgehead atoms. The molecule has 29 heavy (non-hydrogen) atoms. The topological polar surface area (TPSA) is 93.4 Å². The summed E-state index contributed by atoms with van der Waals surface area (Å²) in [4.78, 5) is 50.1. The number of carbonyl (C=O) groups is 3. The predicted octanol–water partition coefficient (Wildman–Crippen LogP) is 1.89. The second-order valence-corrected chi connectivity index (χ2v) is 7.06. The summed E-state index contributed by atoms with van der Waals surface area (Å²) in [7, 11) is 3.38. The minimum Gasteiger partial charge on any atom is -0.326 e. The first-order valence-corrected chi connectivity index (χ1v) is 9.29. The van der Waals surface area contributed by atoms with Crippen LogP contribution < -0.4 is 11.0 Å². The third kappa shape index (κ3) is 3.12. The molecule has 1 N–H and O–H groups in total. The molecule has 0 saturated carbocycles. The number of fused-ring (bicyclic) bond motifs is 2. The average molecular weight is 392 g/mol. The zero-order valence-corrected chi connectivity index (χ0v) is 16.1. The quantitative estimate of drug-likeness (QED) is 0.671. The summed E-state index contributed by atoms with van der Waals surface area (Å²) >= 11 is 0. The number of carbonyl (C=O) groups excluding carboxylic acids is 3. The minimum atomic E-state index is -0.318. The molecule has 8 heteroatoms. The number of imide groups is 1. The number of anilines is 1. The Morgan fingerprint density at radius 2 is 1.52 bits per heavy atom. The highest BCUT2D eigenvalue weighted by Gasteiger charge is 2.34. The van der Waals surface area contributed by atoms with Gasteiger partial charge in [-0.1, -0.05) is 12.1 Å². The molecule has 4 rings (SSSR count). The van der Waals surface area contributed by atoms with Crippen LogP contribution in [0.3, 0.4) is 0 Å². The van der Waals surface area contributed by atoms with Crippen LogP contribution in [0.15, 0.2) is 47.3 Å². The largest absolute Gasteiger partial charge is 0.328 e. The fourth-order valence-corrected chi connectivity index (χ4v) is 3.65. The van der Waals surface area contributed by atoms with Gasteiger partial charge in [0.15, 0.2) is 0 Å². The SMILES string of the molecule is Cn1c(=O)n(C)c2cc(NC(=O)CCCN3C(=O)c4ccccc4C3=O)ccc21. The first-order chi connectivity index (χ1) is 13.9. The van der Waals surface area contributed by atoms with Gasteiger partial charge in [0.25, 0.3) is 11.8 Å². The van der Waals surface area contributed by atoms with Crippen LogP contribution in [0.2, 0.25) is 0 Å². The Morgan fingerprint density at radius 1 is 0.897 bits per heavy atom. The van der Waals surface area contributed by atoms with Crippen molar-refractivity contribution in [3.05, 3.63) is 64.1 Å². The molecule has 0 atom stereocenters. The molecule has 0 unspecified atom stereocenters. The van der Waals surface area contributed by atoms with E-state index in [2.05, 4.69) is 5.32 Å². The van der Waals surface area contributed by atoms with E-state index in [9.17, 15) is 19.2 Å². The van der Waals surface area contributed by atoms with Crippen LogP contribution in [0, 0.1) is 0 Å². The Labute approximate surface area is 166 Å². The average Bonchev–Trinajstić information content (AvgIpc) is 3.09. The molecule has 8 nitrogen and oxygen atoms in total. The molecule has 0 saturated heterocycles. The van der Waals surface area contributed by atoms with Gasteiger partial charge >= 0.3 is 5.69 Å². The summed E-state index contributed by atoms with van der Waals surface area (Å²) in [6, 6.07) is 12.0. The Bertz CT molecular complexity index is 1190.